The maximum Gasteiger partial charge on any atom is 0.169 e. The molecule has 0 radical (unpaired) electrons. The van der Waals surface area contributed by atoms with Crippen molar-refractivity contribution >= 4 is 17.1 Å². The highest BCUT2D eigenvalue weighted by atomic mass is 32.1. The van der Waals surface area contributed by atoms with Gasteiger partial charge in [0.15, 0.2) is 5.78 Å². The maximum atomic E-state index is 11.9. The molecule has 0 aliphatic carbocycles. The molecule has 0 aliphatic rings. The summed E-state index contributed by atoms with van der Waals surface area (Å²) in [5, 5.41) is 2.86. The number of aryl methyl sites for hydroxylation is 2. The lowest BCUT2D eigenvalue weighted by molar-refractivity contribution is 0.0993. The molecule has 3 heteroatoms. The van der Waals surface area contributed by atoms with Gasteiger partial charge in [0.25, 0.3) is 0 Å². The third kappa shape index (κ3) is 2.55. The van der Waals surface area contributed by atoms with Crippen LogP contribution in [0.2, 0.25) is 0 Å². The molecule has 2 aromatic rings. The van der Waals surface area contributed by atoms with Crippen LogP contribution in [0, 0.1) is 13.8 Å². The minimum atomic E-state index is 0.134. The van der Waals surface area contributed by atoms with Crippen LogP contribution in [0.25, 0.3) is 0 Å². The molecule has 0 saturated carbocycles. The normalized spacial score (nSPS) is 10.4. The van der Waals surface area contributed by atoms with Crippen molar-refractivity contribution in [2.24, 2.45) is 0 Å². The second-order valence-electron chi connectivity index (χ2n) is 3.85. The van der Waals surface area contributed by atoms with E-state index in [1.54, 1.807) is 11.3 Å². The van der Waals surface area contributed by atoms with E-state index in [2.05, 4.69) is 4.98 Å². The molecule has 0 unspecified atom stereocenters. The molecule has 0 atom stereocenters. The number of aromatic nitrogens is 1. The van der Waals surface area contributed by atoms with Gasteiger partial charge in [0.2, 0.25) is 0 Å². The van der Waals surface area contributed by atoms with Crippen molar-refractivity contribution in [3.05, 3.63) is 51.5 Å². The van der Waals surface area contributed by atoms with Crippen molar-refractivity contribution < 1.29 is 4.79 Å². The van der Waals surface area contributed by atoms with Crippen molar-refractivity contribution in [2.45, 2.75) is 20.3 Å². The lowest BCUT2D eigenvalue weighted by Gasteiger charge is -1.99. The van der Waals surface area contributed by atoms with E-state index < -0.39 is 0 Å². The summed E-state index contributed by atoms with van der Waals surface area (Å²) in [5.74, 6) is 0.134. The first-order chi connectivity index (χ1) is 7.65. The number of thiazole rings is 1. The number of Topliss-reactive ketones (excluding diaryl/α,β-unsaturated/α-hetero) is 1. The molecule has 0 N–H and O–H groups in total. The number of ketones is 1. The first-order valence-corrected chi connectivity index (χ1v) is 6.04. The van der Waals surface area contributed by atoms with E-state index in [9.17, 15) is 4.79 Å². The summed E-state index contributed by atoms with van der Waals surface area (Å²) < 4.78 is 0. The predicted octanol–water partition coefficient (Wildman–Crippen LogP) is 3.19. The zero-order chi connectivity index (χ0) is 11.5. The highest BCUT2D eigenvalue weighted by Crippen LogP contribution is 2.13. The summed E-state index contributed by atoms with van der Waals surface area (Å²) >= 11 is 1.54. The van der Waals surface area contributed by atoms with Crippen LogP contribution in [0.1, 0.15) is 26.6 Å². The van der Waals surface area contributed by atoms with Crippen LogP contribution in [0.15, 0.2) is 29.6 Å². The summed E-state index contributed by atoms with van der Waals surface area (Å²) in [5.41, 5.74) is 2.91. The molecule has 1 aromatic heterocycles. The van der Waals surface area contributed by atoms with E-state index in [1.807, 2.05) is 43.5 Å². The fraction of sp³-hybridized carbons (Fsp3) is 0.231. The molecule has 1 heterocycles. The molecule has 0 bridgehead atoms. The number of hydrogen-bond donors (Lipinski definition) is 0. The Morgan fingerprint density at radius 1 is 1.25 bits per heavy atom. The van der Waals surface area contributed by atoms with E-state index in [-0.39, 0.29) is 5.78 Å². The van der Waals surface area contributed by atoms with Gasteiger partial charge in [-0.3, -0.25) is 4.79 Å². The smallest absolute Gasteiger partial charge is 0.169 e. The molecule has 2 rings (SSSR count). The molecule has 0 saturated heterocycles. The minimum Gasteiger partial charge on any atom is -0.294 e. The Morgan fingerprint density at radius 3 is 2.50 bits per heavy atom. The molecule has 16 heavy (non-hydrogen) atoms. The van der Waals surface area contributed by atoms with Crippen molar-refractivity contribution in [1.82, 2.24) is 4.98 Å². The summed E-state index contributed by atoms with van der Waals surface area (Å²) in [6.45, 7) is 3.95. The van der Waals surface area contributed by atoms with E-state index >= 15 is 0 Å². The minimum absolute atomic E-state index is 0.134. The zero-order valence-corrected chi connectivity index (χ0v) is 10.2. The van der Waals surface area contributed by atoms with Crippen molar-refractivity contribution in [3.8, 4) is 0 Å². The Bertz CT molecular complexity index is 499. The molecular weight excluding hydrogens is 218 g/mol. The summed E-state index contributed by atoms with van der Waals surface area (Å²) in [4.78, 5) is 16.2. The summed E-state index contributed by atoms with van der Waals surface area (Å²) in [6, 6.07) is 7.66. The van der Waals surface area contributed by atoms with Crippen LogP contribution in [-0.4, -0.2) is 10.8 Å². The van der Waals surface area contributed by atoms with Crippen molar-refractivity contribution in [3.63, 3.8) is 0 Å². The Hall–Kier alpha value is -1.48. The van der Waals surface area contributed by atoms with Gasteiger partial charge in [0.05, 0.1) is 6.42 Å². The lowest BCUT2D eigenvalue weighted by atomic mass is 10.1. The molecule has 0 aliphatic heterocycles. The number of nitrogens with zero attached hydrogens (tertiary/aromatic N) is 1. The molecular formula is C13H13NOS. The third-order valence-corrected chi connectivity index (χ3v) is 3.32. The van der Waals surface area contributed by atoms with Gasteiger partial charge >= 0.3 is 0 Å². The first-order valence-electron chi connectivity index (χ1n) is 5.16. The van der Waals surface area contributed by atoms with Gasteiger partial charge in [0.1, 0.15) is 5.01 Å². The Balaban J connectivity index is 2.11. The third-order valence-electron chi connectivity index (χ3n) is 2.35. The first kappa shape index (κ1) is 11.0. The van der Waals surface area contributed by atoms with Gasteiger partial charge in [-0.25, -0.2) is 4.98 Å². The van der Waals surface area contributed by atoms with Crippen LogP contribution in [0.5, 0.6) is 0 Å². The number of carbonyl (C=O) groups is 1. The predicted molar refractivity (Wildman–Crippen MR) is 66.1 cm³/mol. The van der Waals surface area contributed by atoms with Crippen LogP contribution < -0.4 is 0 Å². The number of rotatable bonds is 3. The van der Waals surface area contributed by atoms with Crippen LogP contribution in [-0.2, 0) is 6.42 Å². The highest BCUT2D eigenvalue weighted by Gasteiger charge is 2.08. The monoisotopic (exact) mass is 231 g/mol. The Morgan fingerprint density at radius 2 is 1.94 bits per heavy atom. The second-order valence-corrected chi connectivity index (χ2v) is 4.79. The second kappa shape index (κ2) is 4.58. The van der Waals surface area contributed by atoms with Gasteiger partial charge in [-0.05, 0) is 13.8 Å². The fourth-order valence-electron chi connectivity index (χ4n) is 1.46. The largest absolute Gasteiger partial charge is 0.294 e. The standard InChI is InChI=1S/C13H13NOS/c1-9-3-5-11(6-4-9)12(15)7-13-14-10(2)8-16-13/h3-6,8H,7H2,1-2H3. The average Bonchev–Trinajstić information content (AvgIpc) is 2.65. The maximum absolute atomic E-state index is 11.9. The van der Waals surface area contributed by atoms with Gasteiger partial charge in [-0.2, -0.15) is 0 Å². The molecule has 82 valence electrons. The topological polar surface area (TPSA) is 30.0 Å². The van der Waals surface area contributed by atoms with Gasteiger partial charge in [-0.15, -0.1) is 11.3 Å². The van der Waals surface area contributed by atoms with Gasteiger partial charge in [0, 0.05) is 16.6 Å². The Kier molecular flexibility index (Phi) is 3.15. The molecule has 0 amide bonds. The van der Waals surface area contributed by atoms with E-state index in [4.69, 9.17) is 0 Å². The number of benzene rings is 1. The van der Waals surface area contributed by atoms with E-state index in [1.165, 1.54) is 5.56 Å². The lowest BCUT2D eigenvalue weighted by Crippen LogP contribution is -2.03. The van der Waals surface area contributed by atoms with Crippen molar-refractivity contribution in [1.29, 1.82) is 0 Å². The van der Waals surface area contributed by atoms with E-state index in [0.717, 1.165) is 16.3 Å². The van der Waals surface area contributed by atoms with Crippen LogP contribution >= 0.6 is 11.3 Å². The summed E-state index contributed by atoms with van der Waals surface area (Å²) in [7, 11) is 0. The molecule has 0 spiro atoms. The average molecular weight is 231 g/mol. The quantitative estimate of drug-likeness (QED) is 0.759. The molecule has 0 fully saturated rings. The molecule has 1 aromatic carbocycles. The summed E-state index contributed by atoms with van der Waals surface area (Å²) in [6.07, 6.45) is 0.404. The van der Waals surface area contributed by atoms with Crippen molar-refractivity contribution in [2.75, 3.05) is 0 Å². The number of carbonyl (C=O) groups excluding carboxylic acids is 1. The fourth-order valence-corrected chi connectivity index (χ4v) is 2.23. The van der Waals surface area contributed by atoms with Crippen LogP contribution in [0.3, 0.4) is 0 Å². The van der Waals surface area contributed by atoms with Gasteiger partial charge < -0.3 is 0 Å². The molecule has 2 nitrogen and oxygen atoms in total. The van der Waals surface area contributed by atoms with Crippen LogP contribution in [0.4, 0.5) is 0 Å². The number of hydrogen-bond acceptors (Lipinski definition) is 3. The zero-order valence-electron chi connectivity index (χ0n) is 9.36. The Labute approximate surface area is 99.0 Å². The van der Waals surface area contributed by atoms with E-state index in [0.29, 0.717) is 6.42 Å². The highest BCUT2D eigenvalue weighted by molar-refractivity contribution is 7.09. The van der Waals surface area contributed by atoms with Gasteiger partial charge in [-0.1, -0.05) is 29.8 Å². The SMILES string of the molecule is Cc1ccc(C(=O)Cc2nc(C)cs2)cc1.